The van der Waals surface area contributed by atoms with Crippen LogP contribution in [0.4, 0.5) is 4.39 Å². The maximum absolute atomic E-state index is 13.5. The normalized spacial score (nSPS) is 11.1. The van der Waals surface area contributed by atoms with Crippen LogP contribution >= 0.6 is 0 Å². The van der Waals surface area contributed by atoms with Gasteiger partial charge in [-0.1, -0.05) is 12.1 Å². The average Bonchev–Trinajstić information content (AvgIpc) is 2.54. The summed E-state index contributed by atoms with van der Waals surface area (Å²) in [5, 5.41) is 4.12. The van der Waals surface area contributed by atoms with Gasteiger partial charge in [-0.25, -0.2) is 4.39 Å². The lowest BCUT2D eigenvalue weighted by Crippen LogP contribution is -2.09. The van der Waals surface area contributed by atoms with E-state index < -0.39 is 0 Å². The van der Waals surface area contributed by atoms with Gasteiger partial charge in [-0.15, -0.1) is 0 Å². The molecule has 0 bridgehead atoms. The highest BCUT2D eigenvalue weighted by Gasteiger charge is 2.09. The van der Waals surface area contributed by atoms with E-state index >= 15 is 0 Å². The zero-order chi connectivity index (χ0) is 10.8. The number of para-hydroxylation sites is 1. The molecule has 3 heteroatoms. The van der Waals surface area contributed by atoms with Crippen molar-refractivity contribution in [1.82, 2.24) is 9.88 Å². The molecule has 1 aromatic carbocycles. The number of fused-ring (bicyclic) bond motifs is 1. The topological polar surface area (TPSA) is 17.0 Å². The summed E-state index contributed by atoms with van der Waals surface area (Å²) >= 11 is 0. The van der Waals surface area contributed by atoms with Gasteiger partial charge in [0, 0.05) is 18.6 Å². The van der Waals surface area contributed by atoms with Gasteiger partial charge in [0.25, 0.3) is 0 Å². The van der Waals surface area contributed by atoms with Crippen LogP contribution in [-0.4, -0.2) is 18.2 Å². The largest absolute Gasteiger partial charge is 0.348 e. The fraction of sp³-hybridized carbons (Fsp3) is 0.333. The molecule has 0 aliphatic rings. The molecule has 1 N–H and O–H groups in total. The Bertz CT molecular complexity index is 474. The third-order valence-corrected chi connectivity index (χ3v) is 2.68. The molecule has 2 rings (SSSR count). The molecule has 0 aliphatic heterocycles. The quantitative estimate of drug-likeness (QED) is 0.813. The van der Waals surface area contributed by atoms with Crippen LogP contribution in [0, 0.1) is 5.82 Å². The Morgan fingerprint density at radius 3 is 2.93 bits per heavy atom. The number of benzene rings is 1. The number of hydrogen-bond donors (Lipinski definition) is 1. The molecule has 0 amide bonds. The maximum atomic E-state index is 13.5. The molecule has 0 saturated carbocycles. The van der Waals surface area contributed by atoms with Gasteiger partial charge in [-0.2, -0.15) is 0 Å². The summed E-state index contributed by atoms with van der Waals surface area (Å²) in [6.45, 7) is 0.912. The molecular weight excluding hydrogens is 191 g/mol. The first-order chi connectivity index (χ1) is 7.24. The molecule has 1 heterocycles. The average molecular weight is 206 g/mol. The van der Waals surface area contributed by atoms with Gasteiger partial charge in [0.15, 0.2) is 0 Å². The number of hydrogen-bond acceptors (Lipinski definition) is 1. The van der Waals surface area contributed by atoms with Crippen molar-refractivity contribution in [3.05, 3.63) is 35.8 Å². The van der Waals surface area contributed by atoms with Gasteiger partial charge in [0.05, 0.1) is 5.52 Å². The fourth-order valence-corrected chi connectivity index (χ4v) is 1.96. The SMILES string of the molecule is CNCCc1cn(C)c2c(F)cccc12. The summed E-state index contributed by atoms with van der Waals surface area (Å²) in [6.07, 6.45) is 2.93. The van der Waals surface area contributed by atoms with Crippen molar-refractivity contribution in [3.8, 4) is 0 Å². The van der Waals surface area contributed by atoms with Crippen molar-refractivity contribution in [2.75, 3.05) is 13.6 Å². The number of likely N-dealkylation sites (N-methyl/N-ethyl adjacent to an activating group) is 1. The summed E-state index contributed by atoms with van der Waals surface area (Å²) in [5.41, 5.74) is 1.89. The molecule has 15 heavy (non-hydrogen) atoms. The van der Waals surface area contributed by atoms with Crippen LogP contribution in [-0.2, 0) is 13.5 Å². The van der Waals surface area contributed by atoms with Crippen molar-refractivity contribution >= 4 is 10.9 Å². The number of halogens is 1. The zero-order valence-corrected chi connectivity index (χ0v) is 9.05. The Kier molecular flexibility index (Phi) is 2.73. The van der Waals surface area contributed by atoms with E-state index in [4.69, 9.17) is 0 Å². The smallest absolute Gasteiger partial charge is 0.147 e. The van der Waals surface area contributed by atoms with Gasteiger partial charge in [0.2, 0.25) is 0 Å². The van der Waals surface area contributed by atoms with Crippen LogP contribution in [0.15, 0.2) is 24.4 Å². The van der Waals surface area contributed by atoms with Crippen molar-refractivity contribution in [3.63, 3.8) is 0 Å². The summed E-state index contributed by atoms with van der Waals surface area (Å²) in [6, 6.07) is 5.24. The molecule has 1 aromatic heterocycles. The third kappa shape index (κ3) is 1.75. The van der Waals surface area contributed by atoms with E-state index in [2.05, 4.69) is 5.32 Å². The van der Waals surface area contributed by atoms with Crippen LogP contribution < -0.4 is 5.32 Å². The predicted octanol–water partition coefficient (Wildman–Crippen LogP) is 2.08. The second kappa shape index (κ2) is 4.03. The molecule has 80 valence electrons. The highest BCUT2D eigenvalue weighted by atomic mass is 19.1. The number of rotatable bonds is 3. The van der Waals surface area contributed by atoms with Crippen molar-refractivity contribution < 1.29 is 4.39 Å². The minimum absolute atomic E-state index is 0.147. The molecule has 0 aliphatic carbocycles. The van der Waals surface area contributed by atoms with E-state index in [0.717, 1.165) is 18.4 Å². The molecule has 2 nitrogen and oxygen atoms in total. The van der Waals surface area contributed by atoms with Crippen LogP contribution in [0.2, 0.25) is 0 Å². The first kappa shape index (κ1) is 10.2. The molecule has 2 aromatic rings. The van der Waals surface area contributed by atoms with Crippen molar-refractivity contribution in [1.29, 1.82) is 0 Å². The predicted molar refractivity (Wildman–Crippen MR) is 60.5 cm³/mol. The van der Waals surface area contributed by atoms with Crippen LogP contribution in [0.25, 0.3) is 10.9 Å². The molecule has 0 spiro atoms. The van der Waals surface area contributed by atoms with E-state index in [9.17, 15) is 4.39 Å². The van der Waals surface area contributed by atoms with E-state index in [-0.39, 0.29) is 5.82 Å². The third-order valence-electron chi connectivity index (χ3n) is 2.68. The standard InChI is InChI=1S/C12H15FN2/c1-14-7-6-9-8-15(2)12-10(9)4-3-5-11(12)13/h3-5,8,14H,6-7H2,1-2H3. The van der Waals surface area contributed by atoms with Crippen LogP contribution in [0.1, 0.15) is 5.56 Å². The Morgan fingerprint density at radius 1 is 1.40 bits per heavy atom. The number of nitrogens with zero attached hydrogens (tertiary/aromatic N) is 1. The van der Waals surface area contributed by atoms with E-state index in [0.29, 0.717) is 5.52 Å². The molecule has 0 fully saturated rings. The minimum Gasteiger partial charge on any atom is -0.348 e. The molecule has 0 saturated heterocycles. The Labute approximate surface area is 88.7 Å². The Hall–Kier alpha value is -1.35. The zero-order valence-electron chi connectivity index (χ0n) is 9.05. The first-order valence-corrected chi connectivity index (χ1v) is 5.11. The lowest BCUT2D eigenvalue weighted by atomic mass is 10.1. The second-order valence-electron chi connectivity index (χ2n) is 3.75. The summed E-state index contributed by atoms with van der Waals surface area (Å²) < 4.78 is 15.4. The van der Waals surface area contributed by atoms with Crippen molar-refractivity contribution in [2.45, 2.75) is 6.42 Å². The fourth-order valence-electron chi connectivity index (χ4n) is 1.96. The molecule has 0 atom stereocenters. The van der Waals surface area contributed by atoms with E-state index in [1.54, 1.807) is 6.07 Å². The van der Waals surface area contributed by atoms with Gasteiger partial charge in [-0.05, 0) is 31.6 Å². The Balaban J connectivity index is 2.53. The summed E-state index contributed by atoms with van der Waals surface area (Å²) in [5.74, 6) is -0.147. The lowest BCUT2D eigenvalue weighted by molar-refractivity contribution is 0.632. The van der Waals surface area contributed by atoms with Crippen LogP contribution in [0.3, 0.4) is 0 Å². The second-order valence-corrected chi connectivity index (χ2v) is 3.75. The van der Waals surface area contributed by atoms with Gasteiger partial charge in [-0.3, -0.25) is 0 Å². The summed E-state index contributed by atoms with van der Waals surface area (Å²) in [7, 11) is 3.81. The first-order valence-electron chi connectivity index (χ1n) is 5.11. The van der Waals surface area contributed by atoms with Crippen molar-refractivity contribution in [2.24, 2.45) is 7.05 Å². The van der Waals surface area contributed by atoms with Crippen LogP contribution in [0.5, 0.6) is 0 Å². The van der Waals surface area contributed by atoms with E-state index in [1.807, 2.05) is 30.9 Å². The molecule has 0 radical (unpaired) electrons. The monoisotopic (exact) mass is 206 g/mol. The van der Waals surface area contributed by atoms with Gasteiger partial charge < -0.3 is 9.88 Å². The number of aryl methyl sites for hydroxylation is 1. The summed E-state index contributed by atoms with van der Waals surface area (Å²) in [4.78, 5) is 0. The highest BCUT2D eigenvalue weighted by molar-refractivity contribution is 5.84. The number of nitrogens with one attached hydrogen (secondary N) is 1. The van der Waals surface area contributed by atoms with Gasteiger partial charge >= 0.3 is 0 Å². The maximum Gasteiger partial charge on any atom is 0.147 e. The minimum atomic E-state index is -0.147. The van der Waals surface area contributed by atoms with Gasteiger partial charge in [0.1, 0.15) is 5.82 Å². The lowest BCUT2D eigenvalue weighted by Gasteiger charge is -1.98. The van der Waals surface area contributed by atoms with E-state index in [1.165, 1.54) is 11.6 Å². The molecule has 0 unspecified atom stereocenters. The molecular formula is C12H15FN2. The Morgan fingerprint density at radius 2 is 2.20 bits per heavy atom. The number of aromatic nitrogens is 1. The highest BCUT2D eigenvalue weighted by Crippen LogP contribution is 2.23.